The second kappa shape index (κ2) is 7.28. The summed E-state index contributed by atoms with van der Waals surface area (Å²) in [6.45, 7) is 4.22. The van der Waals surface area contributed by atoms with Crippen molar-refractivity contribution in [3.8, 4) is 0 Å². The van der Waals surface area contributed by atoms with Gasteiger partial charge >= 0.3 is 0 Å². The van der Waals surface area contributed by atoms with E-state index in [1.54, 1.807) is 29.2 Å². The average molecular weight is 357 g/mol. The van der Waals surface area contributed by atoms with E-state index < -0.39 is 6.04 Å². The summed E-state index contributed by atoms with van der Waals surface area (Å²) >= 11 is 6.20. The number of rotatable bonds is 3. The van der Waals surface area contributed by atoms with Crippen LogP contribution in [0, 0.1) is 0 Å². The summed E-state index contributed by atoms with van der Waals surface area (Å²) < 4.78 is 0. The molecule has 0 fully saturated rings. The topological polar surface area (TPSA) is 49.4 Å². The minimum Gasteiger partial charge on any atom is -0.352 e. The van der Waals surface area contributed by atoms with E-state index in [-0.39, 0.29) is 17.9 Å². The van der Waals surface area contributed by atoms with E-state index in [1.165, 1.54) is 0 Å². The fourth-order valence-corrected chi connectivity index (χ4v) is 3.36. The lowest BCUT2D eigenvalue weighted by Crippen LogP contribution is -2.53. The molecule has 2 aromatic carbocycles. The van der Waals surface area contributed by atoms with Gasteiger partial charge in [-0.25, -0.2) is 0 Å². The van der Waals surface area contributed by atoms with Gasteiger partial charge in [0.15, 0.2) is 0 Å². The molecule has 130 valence electrons. The molecule has 1 heterocycles. The number of benzene rings is 2. The molecule has 1 unspecified atom stereocenters. The van der Waals surface area contributed by atoms with Crippen LogP contribution < -0.4 is 5.32 Å². The second-order valence-electron chi connectivity index (χ2n) is 6.56. The molecule has 5 heteroatoms. The zero-order valence-electron chi connectivity index (χ0n) is 14.3. The summed E-state index contributed by atoms with van der Waals surface area (Å²) in [7, 11) is 0. The van der Waals surface area contributed by atoms with E-state index in [0.717, 1.165) is 11.1 Å². The van der Waals surface area contributed by atoms with Crippen molar-refractivity contribution in [3.63, 3.8) is 0 Å². The molecule has 4 nitrogen and oxygen atoms in total. The number of hydrogen-bond acceptors (Lipinski definition) is 2. The monoisotopic (exact) mass is 356 g/mol. The molecule has 3 rings (SSSR count). The van der Waals surface area contributed by atoms with Crippen molar-refractivity contribution in [1.82, 2.24) is 10.2 Å². The number of carbonyl (C=O) groups is 2. The predicted molar refractivity (Wildman–Crippen MR) is 98.5 cm³/mol. The highest BCUT2D eigenvalue weighted by Gasteiger charge is 2.35. The molecular formula is C20H21ClN2O2. The third kappa shape index (κ3) is 3.69. The van der Waals surface area contributed by atoms with Crippen LogP contribution in [0.5, 0.6) is 0 Å². The minimum atomic E-state index is -0.541. The Morgan fingerprint density at radius 3 is 2.40 bits per heavy atom. The highest BCUT2D eigenvalue weighted by atomic mass is 35.5. The molecule has 0 saturated carbocycles. The van der Waals surface area contributed by atoms with Crippen molar-refractivity contribution in [2.45, 2.75) is 38.9 Å². The third-order valence-corrected chi connectivity index (χ3v) is 4.68. The van der Waals surface area contributed by atoms with Crippen LogP contribution in [-0.4, -0.2) is 28.8 Å². The van der Waals surface area contributed by atoms with Crippen LogP contribution in [0.15, 0.2) is 48.5 Å². The lowest BCUT2D eigenvalue weighted by molar-refractivity contribution is -0.126. The van der Waals surface area contributed by atoms with Gasteiger partial charge in [-0.3, -0.25) is 9.59 Å². The van der Waals surface area contributed by atoms with Crippen LogP contribution in [0.2, 0.25) is 5.02 Å². The Balaban J connectivity index is 1.97. The number of hydrogen-bond donors (Lipinski definition) is 1. The molecule has 0 aromatic heterocycles. The summed E-state index contributed by atoms with van der Waals surface area (Å²) in [5, 5.41) is 3.33. The SMILES string of the molecule is CC(C)NC(=O)C1Cc2ccccc2CN1C(=O)c1ccccc1Cl. The number of carbonyl (C=O) groups excluding carboxylic acids is 2. The number of nitrogens with one attached hydrogen (secondary N) is 1. The number of halogens is 1. The van der Waals surface area contributed by atoms with Gasteiger partial charge in [-0.1, -0.05) is 48.0 Å². The first kappa shape index (κ1) is 17.5. The number of amides is 2. The molecule has 1 N–H and O–H groups in total. The van der Waals surface area contributed by atoms with Gasteiger partial charge in [-0.05, 0) is 37.1 Å². The van der Waals surface area contributed by atoms with Gasteiger partial charge in [0, 0.05) is 19.0 Å². The maximum Gasteiger partial charge on any atom is 0.256 e. The Morgan fingerprint density at radius 2 is 1.72 bits per heavy atom. The third-order valence-electron chi connectivity index (χ3n) is 4.35. The van der Waals surface area contributed by atoms with Gasteiger partial charge in [0.05, 0.1) is 10.6 Å². The van der Waals surface area contributed by atoms with E-state index in [1.807, 2.05) is 38.1 Å². The molecule has 2 aromatic rings. The first-order valence-corrected chi connectivity index (χ1v) is 8.78. The molecule has 0 saturated heterocycles. The highest BCUT2D eigenvalue weighted by Crippen LogP contribution is 2.27. The molecule has 0 spiro atoms. The minimum absolute atomic E-state index is 0.0157. The standard InChI is InChI=1S/C20H21ClN2O2/c1-13(2)22-19(24)18-11-14-7-3-4-8-15(14)12-23(18)20(25)16-9-5-6-10-17(16)21/h3-10,13,18H,11-12H2,1-2H3,(H,22,24). The summed E-state index contributed by atoms with van der Waals surface area (Å²) in [5.41, 5.74) is 2.59. The number of fused-ring (bicyclic) bond motifs is 1. The van der Waals surface area contributed by atoms with Gasteiger partial charge in [0.1, 0.15) is 6.04 Å². The normalized spacial score (nSPS) is 16.5. The Bertz CT molecular complexity index is 804. The fraction of sp³-hybridized carbons (Fsp3) is 0.300. The highest BCUT2D eigenvalue weighted by molar-refractivity contribution is 6.33. The van der Waals surface area contributed by atoms with Gasteiger partial charge in [-0.15, -0.1) is 0 Å². The van der Waals surface area contributed by atoms with Crippen LogP contribution in [-0.2, 0) is 17.8 Å². The van der Waals surface area contributed by atoms with Crippen molar-refractivity contribution in [3.05, 3.63) is 70.2 Å². The van der Waals surface area contributed by atoms with Crippen LogP contribution in [0.25, 0.3) is 0 Å². The maximum atomic E-state index is 13.1. The van der Waals surface area contributed by atoms with Crippen molar-refractivity contribution >= 4 is 23.4 Å². The predicted octanol–water partition coefficient (Wildman–Crippen LogP) is 3.43. The van der Waals surface area contributed by atoms with Crippen LogP contribution >= 0.6 is 11.6 Å². The van der Waals surface area contributed by atoms with Gasteiger partial charge in [0.25, 0.3) is 5.91 Å². The van der Waals surface area contributed by atoms with E-state index >= 15 is 0 Å². The van der Waals surface area contributed by atoms with Crippen molar-refractivity contribution < 1.29 is 9.59 Å². The molecule has 0 aliphatic carbocycles. The zero-order valence-corrected chi connectivity index (χ0v) is 15.1. The zero-order chi connectivity index (χ0) is 18.0. The fourth-order valence-electron chi connectivity index (χ4n) is 3.14. The Labute approximate surface area is 152 Å². The lowest BCUT2D eigenvalue weighted by Gasteiger charge is -2.36. The summed E-state index contributed by atoms with van der Waals surface area (Å²) in [4.78, 5) is 27.4. The first-order valence-electron chi connectivity index (χ1n) is 8.40. The largest absolute Gasteiger partial charge is 0.352 e. The molecule has 0 bridgehead atoms. The van der Waals surface area contributed by atoms with E-state index in [4.69, 9.17) is 11.6 Å². The Kier molecular flexibility index (Phi) is 5.09. The molecule has 1 atom stereocenters. The lowest BCUT2D eigenvalue weighted by atomic mass is 9.92. The molecule has 25 heavy (non-hydrogen) atoms. The summed E-state index contributed by atoms with van der Waals surface area (Å²) in [6, 6.07) is 14.4. The molecular weight excluding hydrogens is 336 g/mol. The Morgan fingerprint density at radius 1 is 1.08 bits per heavy atom. The maximum absolute atomic E-state index is 13.1. The van der Waals surface area contributed by atoms with E-state index in [0.29, 0.717) is 23.6 Å². The second-order valence-corrected chi connectivity index (χ2v) is 6.97. The summed E-state index contributed by atoms with van der Waals surface area (Å²) in [6.07, 6.45) is 0.505. The van der Waals surface area contributed by atoms with Crippen molar-refractivity contribution in [1.29, 1.82) is 0 Å². The molecule has 1 aliphatic heterocycles. The van der Waals surface area contributed by atoms with Crippen LogP contribution in [0.3, 0.4) is 0 Å². The van der Waals surface area contributed by atoms with Gasteiger partial charge < -0.3 is 10.2 Å². The first-order chi connectivity index (χ1) is 12.0. The molecule has 2 amide bonds. The van der Waals surface area contributed by atoms with Gasteiger partial charge in [0.2, 0.25) is 5.91 Å². The average Bonchev–Trinajstić information content (AvgIpc) is 2.60. The van der Waals surface area contributed by atoms with Crippen molar-refractivity contribution in [2.75, 3.05) is 0 Å². The number of nitrogens with zero attached hydrogens (tertiary/aromatic N) is 1. The van der Waals surface area contributed by atoms with Crippen LogP contribution in [0.4, 0.5) is 0 Å². The molecule has 0 radical (unpaired) electrons. The summed E-state index contributed by atoms with van der Waals surface area (Å²) in [5.74, 6) is -0.353. The smallest absolute Gasteiger partial charge is 0.256 e. The van der Waals surface area contributed by atoms with E-state index in [2.05, 4.69) is 5.32 Å². The quantitative estimate of drug-likeness (QED) is 0.915. The molecule has 1 aliphatic rings. The van der Waals surface area contributed by atoms with Crippen molar-refractivity contribution in [2.24, 2.45) is 0 Å². The van der Waals surface area contributed by atoms with E-state index in [9.17, 15) is 9.59 Å². The Hall–Kier alpha value is -2.33. The van der Waals surface area contributed by atoms with Gasteiger partial charge in [-0.2, -0.15) is 0 Å². The van der Waals surface area contributed by atoms with Crippen LogP contribution in [0.1, 0.15) is 35.3 Å².